The van der Waals surface area contributed by atoms with Gasteiger partial charge in [0.25, 0.3) is 0 Å². The Morgan fingerprint density at radius 3 is 1.91 bits per heavy atom. The van der Waals surface area contributed by atoms with E-state index in [2.05, 4.69) is 0 Å². The molecule has 0 aromatic heterocycles. The monoisotopic (exact) mass is 166 g/mol. The fourth-order valence-corrected chi connectivity index (χ4v) is 0.591. The molecule has 0 aromatic carbocycles. The van der Waals surface area contributed by atoms with Crippen molar-refractivity contribution in [1.82, 2.24) is 10.6 Å². The minimum absolute atomic E-state index is 0. The third-order valence-electron chi connectivity index (χ3n) is 1.26. The summed E-state index contributed by atoms with van der Waals surface area (Å²) in [6.45, 7) is 1.43. The second-order valence-electron chi connectivity index (χ2n) is 2.03. The quantitative estimate of drug-likeness (QED) is 0.285. The van der Waals surface area contributed by atoms with E-state index in [4.69, 9.17) is 0 Å². The Balaban J connectivity index is 0. The molecule has 0 saturated carbocycles. The van der Waals surface area contributed by atoms with E-state index in [0.29, 0.717) is 0 Å². The molecule has 5 nitrogen and oxygen atoms in total. The standard InChI is InChI=1S/C5H6N2O3.Na.H/c1-2-3(8)6-5(10)7-4(2)9;;/h2H,1H3,(H2,6,7,8,9,10);;/q;+1;-1. The Labute approximate surface area is 86.7 Å². The number of urea groups is 1. The van der Waals surface area contributed by atoms with Crippen molar-refractivity contribution in [2.24, 2.45) is 5.92 Å². The van der Waals surface area contributed by atoms with Gasteiger partial charge in [-0.2, -0.15) is 0 Å². The van der Waals surface area contributed by atoms with Crippen molar-refractivity contribution in [2.75, 3.05) is 0 Å². The van der Waals surface area contributed by atoms with Gasteiger partial charge in [0, 0.05) is 0 Å². The van der Waals surface area contributed by atoms with Gasteiger partial charge >= 0.3 is 35.6 Å². The molecule has 0 radical (unpaired) electrons. The zero-order chi connectivity index (χ0) is 7.72. The summed E-state index contributed by atoms with van der Waals surface area (Å²) >= 11 is 0. The second kappa shape index (κ2) is 3.85. The second-order valence-corrected chi connectivity index (χ2v) is 2.03. The van der Waals surface area contributed by atoms with Crippen LogP contribution in [0.3, 0.4) is 0 Å². The van der Waals surface area contributed by atoms with Gasteiger partial charge in [0.1, 0.15) is 5.92 Å². The topological polar surface area (TPSA) is 75.3 Å². The van der Waals surface area contributed by atoms with Gasteiger partial charge in [0.05, 0.1) is 0 Å². The molecular weight excluding hydrogens is 159 g/mol. The zero-order valence-electron chi connectivity index (χ0n) is 7.30. The van der Waals surface area contributed by atoms with Crippen LogP contribution in [0.2, 0.25) is 0 Å². The predicted octanol–water partition coefficient (Wildman–Crippen LogP) is -3.89. The van der Waals surface area contributed by atoms with Gasteiger partial charge in [-0.25, -0.2) is 4.79 Å². The average molecular weight is 166 g/mol. The van der Waals surface area contributed by atoms with E-state index < -0.39 is 23.8 Å². The number of carbonyl (C=O) groups excluding carboxylic acids is 3. The van der Waals surface area contributed by atoms with E-state index in [1.165, 1.54) is 6.92 Å². The third kappa shape index (κ3) is 2.28. The van der Waals surface area contributed by atoms with Gasteiger partial charge in [-0.15, -0.1) is 0 Å². The minimum atomic E-state index is -0.766. The van der Waals surface area contributed by atoms with Crippen molar-refractivity contribution in [2.45, 2.75) is 6.92 Å². The number of amides is 4. The van der Waals surface area contributed by atoms with Crippen LogP contribution in [0.25, 0.3) is 0 Å². The summed E-state index contributed by atoms with van der Waals surface area (Å²) in [7, 11) is 0. The minimum Gasteiger partial charge on any atom is -1.00 e. The molecule has 1 aliphatic heterocycles. The van der Waals surface area contributed by atoms with E-state index in [1.807, 2.05) is 10.6 Å². The van der Waals surface area contributed by atoms with Gasteiger partial charge < -0.3 is 1.43 Å². The number of rotatable bonds is 0. The Morgan fingerprint density at radius 1 is 1.18 bits per heavy atom. The molecule has 0 aromatic rings. The van der Waals surface area contributed by atoms with Crippen LogP contribution in [0.4, 0.5) is 4.79 Å². The van der Waals surface area contributed by atoms with Crippen LogP contribution in [0, 0.1) is 5.92 Å². The molecule has 1 rings (SSSR count). The molecule has 56 valence electrons. The molecule has 0 atom stereocenters. The van der Waals surface area contributed by atoms with Crippen LogP contribution in [-0.2, 0) is 9.59 Å². The largest absolute Gasteiger partial charge is 1.00 e. The van der Waals surface area contributed by atoms with Crippen molar-refractivity contribution in [3.05, 3.63) is 0 Å². The van der Waals surface area contributed by atoms with Gasteiger partial charge in [-0.1, -0.05) is 0 Å². The molecule has 1 saturated heterocycles. The Hall–Kier alpha value is -0.390. The maximum atomic E-state index is 10.6. The SMILES string of the molecule is CC1C(=O)NC(=O)NC1=O.[H-].[Na+]. The first-order valence-electron chi connectivity index (χ1n) is 2.77. The van der Waals surface area contributed by atoms with Gasteiger partial charge in [0.15, 0.2) is 0 Å². The molecule has 0 unspecified atom stereocenters. The van der Waals surface area contributed by atoms with E-state index in [0.717, 1.165) is 0 Å². The summed E-state index contributed by atoms with van der Waals surface area (Å²) in [6, 6.07) is -0.742. The fourth-order valence-electron chi connectivity index (χ4n) is 0.591. The first kappa shape index (κ1) is 10.6. The molecule has 1 heterocycles. The Morgan fingerprint density at radius 2 is 1.55 bits per heavy atom. The van der Waals surface area contributed by atoms with E-state index in [1.54, 1.807) is 0 Å². The number of carbonyl (C=O) groups is 3. The van der Waals surface area contributed by atoms with Gasteiger partial charge in [-0.3, -0.25) is 20.2 Å². The van der Waals surface area contributed by atoms with Crippen LogP contribution >= 0.6 is 0 Å². The summed E-state index contributed by atoms with van der Waals surface area (Å²) < 4.78 is 0. The molecule has 2 N–H and O–H groups in total. The van der Waals surface area contributed by atoms with Crippen LogP contribution in [0.15, 0.2) is 0 Å². The molecule has 0 aliphatic carbocycles. The van der Waals surface area contributed by atoms with E-state index in [9.17, 15) is 14.4 Å². The first-order chi connectivity index (χ1) is 4.61. The summed E-state index contributed by atoms with van der Waals surface area (Å²) in [5.74, 6) is -1.86. The van der Waals surface area contributed by atoms with Crippen LogP contribution < -0.4 is 40.2 Å². The smallest absolute Gasteiger partial charge is 1.00 e. The number of hydrogen-bond acceptors (Lipinski definition) is 3. The van der Waals surface area contributed by atoms with Crippen molar-refractivity contribution < 1.29 is 45.4 Å². The molecule has 4 amide bonds. The molecule has 6 heteroatoms. The third-order valence-corrected chi connectivity index (χ3v) is 1.26. The van der Waals surface area contributed by atoms with Crippen LogP contribution in [0.1, 0.15) is 8.35 Å². The number of nitrogens with one attached hydrogen (secondary N) is 2. The average Bonchev–Trinajstić information content (AvgIpc) is 1.82. The summed E-state index contributed by atoms with van der Waals surface area (Å²) in [6.07, 6.45) is 0. The molecule has 11 heavy (non-hydrogen) atoms. The first-order valence-corrected chi connectivity index (χ1v) is 2.77. The summed E-state index contributed by atoms with van der Waals surface area (Å²) in [4.78, 5) is 31.6. The molecule has 1 aliphatic rings. The van der Waals surface area contributed by atoms with Gasteiger partial charge in [-0.05, 0) is 6.92 Å². The summed E-state index contributed by atoms with van der Waals surface area (Å²) in [5.41, 5.74) is 0. The number of barbiturate groups is 1. The van der Waals surface area contributed by atoms with Crippen molar-refractivity contribution in [3.8, 4) is 0 Å². The molecule has 0 spiro atoms. The van der Waals surface area contributed by atoms with Crippen molar-refractivity contribution in [3.63, 3.8) is 0 Å². The van der Waals surface area contributed by atoms with Crippen LogP contribution in [0.5, 0.6) is 0 Å². The molecular formula is C5H7N2NaO3. The number of hydrogen-bond donors (Lipinski definition) is 2. The van der Waals surface area contributed by atoms with E-state index >= 15 is 0 Å². The Bertz CT molecular complexity index is 201. The van der Waals surface area contributed by atoms with Gasteiger partial charge in [0.2, 0.25) is 11.8 Å². The normalized spacial score (nSPS) is 18.5. The fraction of sp³-hybridized carbons (Fsp3) is 0.400. The van der Waals surface area contributed by atoms with E-state index in [-0.39, 0.29) is 31.0 Å². The Kier molecular flexibility index (Phi) is 3.71. The number of imide groups is 2. The maximum Gasteiger partial charge on any atom is 1.00 e. The molecule has 1 fully saturated rings. The van der Waals surface area contributed by atoms with Crippen LogP contribution in [-0.4, -0.2) is 17.8 Å². The zero-order valence-corrected chi connectivity index (χ0v) is 8.30. The maximum absolute atomic E-state index is 10.6. The summed E-state index contributed by atoms with van der Waals surface area (Å²) in [5, 5.41) is 3.90. The molecule has 0 bridgehead atoms. The predicted molar refractivity (Wildman–Crippen MR) is 32.0 cm³/mol. The van der Waals surface area contributed by atoms with Crippen molar-refractivity contribution in [1.29, 1.82) is 0 Å². The van der Waals surface area contributed by atoms with Crippen molar-refractivity contribution >= 4 is 17.8 Å².